The van der Waals surface area contributed by atoms with Crippen molar-refractivity contribution in [3.63, 3.8) is 0 Å². The SMILES string of the molecule is CC1CC(c2ccc(Cl)c(Cl)c2)=C(CO)CN1C(=O)O. The van der Waals surface area contributed by atoms with Crippen molar-refractivity contribution in [3.8, 4) is 0 Å². The topological polar surface area (TPSA) is 60.8 Å². The van der Waals surface area contributed by atoms with E-state index in [0.29, 0.717) is 22.0 Å². The molecule has 1 aliphatic heterocycles. The van der Waals surface area contributed by atoms with E-state index in [-0.39, 0.29) is 19.2 Å². The first-order valence-corrected chi connectivity index (χ1v) is 6.96. The van der Waals surface area contributed by atoms with Gasteiger partial charge in [-0.3, -0.25) is 0 Å². The molecule has 108 valence electrons. The van der Waals surface area contributed by atoms with Crippen LogP contribution >= 0.6 is 23.2 Å². The molecule has 2 N–H and O–H groups in total. The molecule has 2 rings (SSSR count). The number of benzene rings is 1. The molecule has 1 aliphatic rings. The Balaban J connectivity index is 2.42. The third-order valence-electron chi connectivity index (χ3n) is 3.52. The predicted octanol–water partition coefficient (Wildman–Crippen LogP) is 3.51. The molecule has 6 heteroatoms. The second kappa shape index (κ2) is 6.04. The van der Waals surface area contributed by atoms with Gasteiger partial charge in [-0.1, -0.05) is 29.3 Å². The number of aliphatic hydroxyl groups excluding tert-OH is 1. The minimum absolute atomic E-state index is 0.146. The Morgan fingerprint density at radius 2 is 2.10 bits per heavy atom. The van der Waals surface area contributed by atoms with Crippen LogP contribution in [0.25, 0.3) is 5.57 Å². The van der Waals surface area contributed by atoms with Crippen LogP contribution in [0.15, 0.2) is 23.8 Å². The van der Waals surface area contributed by atoms with Gasteiger partial charge < -0.3 is 15.1 Å². The molecular formula is C14H15Cl2NO3. The van der Waals surface area contributed by atoms with Crippen molar-refractivity contribution in [1.29, 1.82) is 0 Å². The number of nitrogens with zero attached hydrogens (tertiary/aromatic N) is 1. The quantitative estimate of drug-likeness (QED) is 0.878. The molecular weight excluding hydrogens is 301 g/mol. The van der Waals surface area contributed by atoms with E-state index in [1.54, 1.807) is 12.1 Å². The molecule has 0 fully saturated rings. The third-order valence-corrected chi connectivity index (χ3v) is 4.26. The number of carboxylic acid groups (broad SMARTS) is 1. The normalized spacial score (nSPS) is 19.4. The molecule has 1 aromatic rings. The van der Waals surface area contributed by atoms with Crippen LogP contribution in [0.5, 0.6) is 0 Å². The molecule has 0 spiro atoms. The van der Waals surface area contributed by atoms with E-state index in [0.717, 1.165) is 11.1 Å². The highest BCUT2D eigenvalue weighted by atomic mass is 35.5. The van der Waals surface area contributed by atoms with Crippen molar-refractivity contribution in [2.75, 3.05) is 13.2 Å². The van der Waals surface area contributed by atoms with Gasteiger partial charge in [0.1, 0.15) is 0 Å². The fourth-order valence-corrected chi connectivity index (χ4v) is 2.71. The van der Waals surface area contributed by atoms with Crippen molar-refractivity contribution in [2.45, 2.75) is 19.4 Å². The largest absolute Gasteiger partial charge is 0.465 e. The number of carbonyl (C=O) groups is 1. The zero-order valence-electron chi connectivity index (χ0n) is 10.9. The maximum Gasteiger partial charge on any atom is 0.407 e. The number of aliphatic hydroxyl groups is 1. The summed E-state index contributed by atoms with van der Waals surface area (Å²) in [5.41, 5.74) is 2.51. The molecule has 4 nitrogen and oxygen atoms in total. The molecule has 0 bridgehead atoms. The number of hydrogen-bond donors (Lipinski definition) is 2. The molecule has 1 heterocycles. The lowest BCUT2D eigenvalue weighted by Gasteiger charge is -2.34. The molecule has 1 atom stereocenters. The van der Waals surface area contributed by atoms with Crippen molar-refractivity contribution in [3.05, 3.63) is 39.4 Å². The lowest BCUT2D eigenvalue weighted by molar-refractivity contribution is 0.129. The summed E-state index contributed by atoms with van der Waals surface area (Å²) in [6.45, 7) is 1.88. The highest BCUT2D eigenvalue weighted by molar-refractivity contribution is 6.42. The Morgan fingerprint density at radius 3 is 2.65 bits per heavy atom. The monoisotopic (exact) mass is 315 g/mol. The van der Waals surface area contributed by atoms with E-state index < -0.39 is 6.09 Å². The zero-order chi connectivity index (χ0) is 14.9. The van der Waals surface area contributed by atoms with Gasteiger partial charge in [-0.05, 0) is 42.2 Å². The van der Waals surface area contributed by atoms with Gasteiger partial charge in [0, 0.05) is 12.6 Å². The number of hydrogen-bond acceptors (Lipinski definition) is 2. The molecule has 0 aliphatic carbocycles. The molecule has 1 unspecified atom stereocenters. The van der Waals surface area contributed by atoms with Gasteiger partial charge in [0.05, 0.1) is 16.7 Å². The van der Waals surface area contributed by atoms with Gasteiger partial charge in [-0.2, -0.15) is 0 Å². The lowest BCUT2D eigenvalue weighted by atomic mass is 9.90. The van der Waals surface area contributed by atoms with E-state index >= 15 is 0 Å². The van der Waals surface area contributed by atoms with E-state index in [1.165, 1.54) is 4.90 Å². The zero-order valence-corrected chi connectivity index (χ0v) is 12.4. The minimum atomic E-state index is -0.975. The standard InChI is InChI=1S/C14H15Cl2NO3/c1-8-4-11(9-2-3-12(15)13(16)5-9)10(7-18)6-17(8)14(19)20/h2-3,5,8,18H,4,6-7H2,1H3,(H,19,20). The average Bonchev–Trinajstić information content (AvgIpc) is 2.41. The van der Waals surface area contributed by atoms with Crippen LogP contribution < -0.4 is 0 Å². The van der Waals surface area contributed by atoms with Crippen LogP contribution in [-0.4, -0.2) is 40.4 Å². The Morgan fingerprint density at radius 1 is 1.40 bits per heavy atom. The first-order chi connectivity index (χ1) is 9.43. The predicted molar refractivity (Wildman–Crippen MR) is 79.3 cm³/mol. The molecule has 0 aromatic heterocycles. The van der Waals surface area contributed by atoms with E-state index in [1.807, 2.05) is 13.0 Å². The van der Waals surface area contributed by atoms with Crippen LogP contribution in [0.1, 0.15) is 18.9 Å². The van der Waals surface area contributed by atoms with Gasteiger partial charge in [0.15, 0.2) is 0 Å². The first kappa shape index (κ1) is 15.2. The minimum Gasteiger partial charge on any atom is -0.465 e. The van der Waals surface area contributed by atoms with Crippen molar-refractivity contribution >= 4 is 34.9 Å². The Hall–Kier alpha value is -1.23. The van der Waals surface area contributed by atoms with Crippen LogP contribution in [0, 0.1) is 0 Å². The summed E-state index contributed by atoms with van der Waals surface area (Å²) in [6, 6.07) is 5.14. The van der Waals surface area contributed by atoms with E-state index in [9.17, 15) is 9.90 Å². The number of halogens is 2. The molecule has 1 amide bonds. The highest BCUT2D eigenvalue weighted by Crippen LogP contribution is 2.33. The van der Waals surface area contributed by atoms with E-state index in [4.69, 9.17) is 28.3 Å². The van der Waals surface area contributed by atoms with Gasteiger partial charge >= 0.3 is 6.09 Å². The summed E-state index contributed by atoms with van der Waals surface area (Å²) in [7, 11) is 0. The van der Waals surface area contributed by atoms with Crippen LogP contribution in [0.3, 0.4) is 0 Å². The average molecular weight is 316 g/mol. The van der Waals surface area contributed by atoms with Gasteiger partial charge in [0.25, 0.3) is 0 Å². The Bertz CT molecular complexity index is 572. The molecule has 0 saturated carbocycles. The van der Waals surface area contributed by atoms with Crippen molar-refractivity contribution in [2.24, 2.45) is 0 Å². The summed E-state index contributed by atoms with van der Waals surface area (Å²) < 4.78 is 0. The second-order valence-electron chi connectivity index (χ2n) is 4.83. The molecule has 0 radical (unpaired) electrons. The second-order valence-corrected chi connectivity index (χ2v) is 5.65. The lowest BCUT2D eigenvalue weighted by Crippen LogP contribution is -2.42. The number of rotatable bonds is 2. The maximum atomic E-state index is 11.2. The Labute approximate surface area is 127 Å². The summed E-state index contributed by atoms with van der Waals surface area (Å²) in [6.07, 6.45) is -0.434. The highest BCUT2D eigenvalue weighted by Gasteiger charge is 2.28. The molecule has 20 heavy (non-hydrogen) atoms. The number of amides is 1. The summed E-state index contributed by atoms with van der Waals surface area (Å²) in [4.78, 5) is 12.5. The van der Waals surface area contributed by atoms with Crippen molar-refractivity contribution in [1.82, 2.24) is 4.90 Å². The third kappa shape index (κ3) is 2.92. The van der Waals surface area contributed by atoms with E-state index in [2.05, 4.69) is 0 Å². The summed E-state index contributed by atoms with van der Waals surface area (Å²) >= 11 is 11.9. The fraction of sp³-hybridized carbons (Fsp3) is 0.357. The first-order valence-electron chi connectivity index (χ1n) is 6.20. The smallest absolute Gasteiger partial charge is 0.407 e. The van der Waals surface area contributed by atoms with Crippen LogP contribution in [0.4, 0.5) is 4.79 Å². The molecule has 0 saturated heterocycles. The van der Waals surface area contributed by atoms with Gasteiger partial charge in [0.2, 0.25) is 0 Å². The van der Waals surface area contributed by atoms with Crippen LogP contribution in [0.2, 0.25) is 10.0 Å². The van der Waals surface area contributed by atoms with Crippen molar-refractivity contribution < 1.29 is 15.0 Å². The Kier molecular flexibility index (Phi) is 4.58. The van der Waals surface area contributed by atoms with Gasteiger partial charge in [-0.15, -0.1) is 0 Å². The van der Waals surface area contributed by atoms with Gasteiger partial charge in [-0.25, -0.2) is 4.79 Å². The fourth-order valence-electron chi connectivity index (χ4n) is 2.41. The maximum absolute atomic E-state index is 11.2. The molecule has 1 aromatic carbocycles. The van der Waals surface area contributed by atoms with Crippen LogP contribution in [-0.2, 0) is 0 Å². The summed E-state index contributed by atoms with van der Waals surface area (Å²) in [5, 5.41) is 19.6. The summed E-state index contributed by atoms with van der Waals surface area (Å²) in [5.74, 6) is 0.